The Balaban J connectivity index is 2.15. The number of hydrogen-bond acceptors (Lipinski definition) is 9. The number of amides is 1. The molecule has 0 aliphatic carbocycles. The van der Waals surface area contributed by atoms with E-state index in [0.717, 1.165) is 31.0 Å². The van der Waals surface area contributed by atoms with E-state index in [1.807, 2.05) is 16.7 Å². The topological polar surface area (TPSA) is 105 Å². The molecule has 27 heavy (non-hydrogen) atoms. The summed E-state index contributed by atoms with van der Waals surface area (Å²) in [5, 5.41) is 13.1. The largest absolute Gasteiger partial charge is 0.462 e. The van der Waals surface area contributed by atoms with Crippen LogP contribution in [0.5, 0.6) is 0 Å². The molecule has 2 N–H and O–H groups in total. The van der Waals surface area contributed by atoms with Gasteiger partial charge in [0.05, 0.1) is 18.9 Å². The Morgan fingerprint density at radius 2 is 2.04 bits per heavy atom. The quantitative estimate of drug-likeness (QED) is 0.383. The molecule has 9 nitrogen and oxygen atoms in total. The maximum absolute atomic E-state index is 12.7. The van der Waals surface area contributed by atoms with Crippen LogP contribution in [0.3, 0.4) is 0 Å². The van der Waals surface area contributed by atoms with Crippen LogP contribution in [0.4, 0.5) is 11.8 Å². The molecule has 0 aromatic carbocycles. The molecule has 2 aliphatic rings. The van der Waals surface area contributed by atoms with Crippen LogP contribution in [0.2, 0.25) is 0 Å². The van der Waals surface area contributed by atoms with Crippen LogP contribution < -0.4 is 14.7 Å². The molecular formula is C17H26N5O4S+. The van der Waals surface area contributed by atoms with Crippen molar-refractivity contribution in [2.24, 2.45) is 0 Å². The molecule has 148 valence electrons. The van der Waals surface area contributed by atoms with Gasteiger partial charge in [0.15, 0.2) is 5.56 Å². The Kier molecular flexibility index (Phi) is 6.64. The monoisotopic (exact) mass is 396 g/mol. The predicted octanol–water partition coefficient (Wildman–Crippen LogP) is -0.234. The SMILES string of the molecule is CCOC(=O)c1c(CO)nc(N2CCSCC2)nc1[N+]1(C=O)CCNCC1. The number of piperazine rings is 1. The fourth-order valence-electron chi connectivity index (χ4n) is 3.40. The number of hydrogen-bond donors (Lipinski definition) is 2. The molecule has 2 saturated heterocycles. The molecule has 1 aromatic rings. The van der Waals surface area contributed by atoms with Crippen molar-refractivity contribution in [3.05, 3.63) is 11.3 Å². The van der Waals surface area contributed by atoms with Crippen molar-refractivity contribution in [2.45, 2.75) is 13.5 Å². The smallest absolute Gasteiger partial charge is 0.348 e. The summed E-state index contributed by atoms with van der Waals surface area (Å²) in [4.78, 5) is 36.0. The molecule has 0 bridgehead atoms. The van der Waals surface area contributed by atoms with E-state index in [2.05, 4.69) is 15.3 Å². The maximum atomic E-state index is 12.7. The minimum atomic E-state index is -0.602. The van der Waals surface area contributed by atoms with Crippen molar-refractivity contribution in [1.29, 1.82) is 0 Å². The van der Waals surface area contributed by atoms with E-state index in [1.54, 1.807) is 6.92 Å². The van der Waals surface area contributed by atoms with Gasteiger partial charge < -0.3 is 20.1 Å². The highest BCUT2D eigenvalue weighted by Gasteiger charge is 2.41. The highest BCUT2D eigenvalue weighted by Crippen LogP contribution is 2.30. The molecule has 10 heteroatoms. The zero-order valence-corrected chi connectivity index (χ0v) is 16.3. The Labute approximate surface area is 162 Å². The van der Waals surface area contributed by atoms with Crippen molar-refractivity contribution in [2.75, 3.05) is 62.3 Å². The lowest BCUT2D eigenvalue weighted by Crippen LogP contribution is -2.60. The second-order valence-electron chi connectivity index (χ2n) is 6.48. The summed E-state index contributed by atoms with van der Waals surface area (Å²) in [6.07, 6.45) is 0.836. The number of carbonyl (C=O) groups is 2. The molecule has 0 saturated carbocycles. The normalized spacial score (nSPS) is 19.6. The van der Waals surface area contributed by atoms with E-state index in [0.29, 0.717) is 37.9 Å². The molecule has 0 atom stereocenters. The van der Waals surface area contributed by atoms with E-state index in [4.69, 9.17) is 4.74 Å². The zero-order chi connectivity index (χ0) is 19.3. The van der Waals surface area contributed by atoms with Gasteiger partial charge in [0.1, 0.15) is 13.1 Å². The van der Waals surface area contributed by atoms with E-state index < -0.39 is 12.6 Å². The van der Waals surface area contributed by atoms with E-state index in [9.17, 15) is 14.7 Å². The minimum absolute atomic E-state index is 0.0771. The molecule has 1 amide bonds. The Hall–Kier alpha value is -1.75. The number of rotatable bonds is 6. The highest BCUT2D eigenvalue weighted by molar-refractivity contribution is 7.99. The van der Waals surface area contributed by atoms with Crippen molar-refractivity contribution in [3.8, 4) is 0 Å². The summed E-state index contributed by atoms with van der Waals surface area (Å²) < 4.78 is 5.11. The summed E-state index contributed by atoms with van der Waals surface area (Å²) in [6, 6.07) is 0. The third-order valence-corrected chi connectivity index (χ3v) is 5.82. The first-order valence-corrected chi connectivity index (χ1v) is 10.4. The second kappa shape index (κ2) is 8.96. The first-order valence-electron chi connectivity index (χ1n) is 9.21. The number of aliphatic hydroxyl groups is 1. The molecular weight excluding hydrogens is 370 g/mol. The second-order valence-corrected chi connectivity index (χ2v) is 7.71. The number of nitrogens with zero attached hydrogens (tertiary/aromatic N) is 4. The average molecular weight is 396 g/mol. The van der Waals surface area contributed by atoms with Gasteiger partial charge in [-0.1, -0.05) is 0 Å². The summed E-state index contributed by atoms with van der Waals surface area (Å²) in [5.74, 6) is 2.11. The van der Waals surface area contributed by atoms with Crippen molar-refractivity contribution in [1.82, 2.24) is 19.8 Å². The summed E-state index contributed by atoms with van der Waals surface area (Å²) in [6.45, 7) is 5.29. The van der Waals surface area contributed by atoms with Crippen LogP contribution in [-0.2, 0) is 16.1 Å². The number of ether oxygens (including phenoxy) is 1. The molecule has 2 aliphatic heterocycles. The molecule has 0 unspecified atom stereocenters. The van der Waals surface area contributed by atoms with Gasteiger partial charge in [-0.05, 0) is 6.92 Å². The van der Waals surface area contributed by atoms with Gasteiger partial charge in [-0.2, -0.15) is 16.7 Å². The molecule has 0 radical (unpaired) electrons. The lowest BCUT2D eigenvalue weighted by molar-refractivity contribution is -0.118. The maximum Gasteiger partial charge on any atom is 0.348 e. The predicted molar refractivity (Wildman–Crippen MR) is 104 cm³/mol. The summed E-state index contributed by atoms with van der Waals surface area (Å²) >= 11 is 1.86. The van der Waals surface area contributed by atoms with E-state index in [-0.39, 0.29) is 22.3 Å². The molecule has 3 rings (SSSR count). The number of aliphatic hydroxyl groups excluding tert-OH is 1. The average Bonchev–Trinajstić information content (AvgIpc) is 2.74. The Morgan fingerprint density at radius 3 is 2.63 bits per heavy atom. The number of carbonyl (C=O) groups excluding carboxylic acids is 2. The standard InChI is InChI=1S/C17H26N5O4S/c1-2-26-16(25)14-13(11-23)19-17(21-5-9-27-10-6-21)20-15(14)22(12-24)7-3-18-4-8-22/h12,18,23H,2-11H2,1H3/q+1. The van der Waals surface area contributed by atoms with E-state index in [1.165, 1.54) is 0 Å². The third kappa shape index (κ3) is 4.08. The van der Waals surface area contributed by atoms with Crippen LogP contribution in [0.1, 0.15) is 23.0 Å². The van der Waals surface area contributed by atoms with Gasteiger partial charge in [-0.25, -0.2) is 19.1 Å². The molecule has 3 heterocycles. The number of anilines is 1. The van der Waals surface area contributed by atoms with Crippen molar-refractivity contribution in [3.63, 3.8) is 0 Å². The van der Waals surface area contributed by atoms with Crippen LogP contribution in [0.25, 0.3) is 0 Å². The molecule has 1 aromatic heterocycles. The van der Waals surface area contributed by atoms with Gasteiger partial charge in [0, 0.05) is 37.7 Å². The first kappa shape index (κ1) is 20.0. The Bertz CT molecular complexity index is 690. The third-order valence-electron chi connectivity index (χ3n) is 4.88. The van der Waals surface area contributed by atoms with Gasteiger partial charge in [0.2, 0.25) is 5.95 Å². The number of nitrogens with one attached hydrogen (secondary N) is 1. The van der Waals surface area contributed by atoms with E-state index >= 15 is 0 Å². The zero-order valence-electron chi connectivity index (χ0n) is 15.5. The lowest BCUT2D eigenvalue weighted by Gasteiger charge is -2.36. The fraction of sp³-hybridized carbons (Fsp3) is 0.647. The Morgan fingerprint density at radius 1 is 1.33 bits per heavy atom. The number of esters is 1. The van der Waals surface area contributed by atoms with Gasteiger partial charge >= 0.3 is 12.4 Å². The van der Waals surface area contributed by atoms with Crippen molar-refractivity contribution >= 4 is 35.9 Å². The number of quaternary nitrogens is 1. The lowest BCUT2D eigenvalue weighted by atomic mass is 10.1. The van der Waals surface area contributed by atoms with Gasteiger partial charge in [0.25, 0.3) is 5.82 Å². The summed E-state index contributed by atoms with van der Waals surface area (Å²) in [7, 11) is 0. The highest BCUT2D eigenvalue weighted by atomic mass is 32.2. The molecule has 0 spiro atoms. The van der Waals surface area contributed by atoms with Crippen LogP contribution in [-0.4, -0.2) is 84.8 Å². The molecule has 2 fully saturated rings. The van der Waals surface area contributed by atoms with Crippen molar-refractivity contribution < 1.29 is 19.4 Å². The van der Waals surface area contributed by atoms with Gasteiger partial charge in [-0.3, -0.25) is 0 Å². The summed E-state index contributed by atoms with van der Waals surface area (Å²) in [5.41, 5.74) is 0.327. The van der Waals surface area contributed by atoms with Crippen LogP contribution >= 0.6 is 11.8 Å². The number of aromatic nitrogens is 2. The first-order chi connectivity index (χ1) is 13.1. The van der Waals surface area contributed by atoms with Crippen LogP contribution in [0.15, 0.2) is 0 Å². The van der Waals surface area contributed by atoms with Gasteiger partial charge in [-0.15, -0.1) is 0 Å². The van der Waals surface area contributed by atoms with Crippen LogP contribution in [0, 0.1) is 0 Å². The fourth-order valence-corrected chi connectivity index (χ4v) is 4.30. The minimum Gasteiger partial charge on any atom is -0.462 e. The number of thioether (sulfide) groups is 1.